The molecule has 1 fully saturated rings. The second-order valence-corrected chi connectivity index (χ2v) is 6.04. The smallest absolute Gasteiger partial charge is 0.315 e. The number of hydrogen-bond donors (Lipinski definition) is 4. The number of urea groups is 1. The molecular formula is C16H23N3O5. The van der Waals surface area contributed by atoms with Crippen molar-refractivity contribution < 1.29 is 19.9 Å². The maximum Gasteiger partial charge on any atom is 0.315 e. The fourth-order valence-electron chi connectivity index (χ4n) is 2.89. The topological polar surface area (TPSA) is 125 Å². The van der Waals surface area contributed by atoms with E-state index in [9.17, 15) is 25.1 Å². The lowest BCUT2D eigenvalue weighted by Gasteiger charge is -2.26. The van der Waals surface area contributed by atoms with Crippen LogP contribution in [0, 0.1) is 10.1 Å². The van der Waals surface area contributed by atoms with Gasteiger partial charge in [-0.25, -0.2) is 4.79 Å². The summed E-state index contributed by atoms with van der Waals surface area (Å²) in [6.45, 7) is -0.448. The molecule has 1 aromatic rings. The molecule has 0 bridgehead atoms. The lowest BCUT2D eigenvalue weighted by Crippen LogP contribution is -2.49. The highest BCUT2D eigenvalue weighted by molar-refractivity contribution is 5.74. The normalized spacial score (nSPS) is 17.8. The fourth-order valence-corrected chi connectivity index (χ4v) is 2.89. The number of hydrogen-bond acceptors (Lipinski definition) is 5. The molecule has 2 rings (SSSR count). The van der Waals surface area contributed by atoms with Gasteiger partial charge >= 0.3 is 6.03 Å². The van der Waals surface area contributed by atoms with E-state index in [0.717, 1.165) is 25.7 Å². The third kappa shape index (κ3) is 4.90. The Morgan fingerprint density at radius 2 is 1.88 bits per heavy atom. The van der Waals surface area contributed by atoms with Crippen LogP contribution in [0.4, 0.5) is 10.5 Å². The van der Waals surface area contributed by atoms with Crippen LogP contribution in [0.2, 0.25) is 0 Å². The molecular weight excluding hydrogens is 314 g/mol. The first kappa shape index (κ1) is 18.2. The van der Waals surface area contributed by atoms with E-state index in [2.05, 4.69) is 10.6 Å². The Kier molecular flexibility index (Phi) is 6.51. The number of amides is 2. The van der Waals surface area contributed by atoms with Crippen LogP contribution in [-0.2, 0) is 0 Å². The molecule has 132 valence electrons. The summed E-state index contributed by atoms with van der Waals surface area (Å²) in [6.07, 6.45) is 4.05. The Balaban J connectivity index is 1.93. The summed E-state index contributed by atoms with van der Waals surface area (Å²) in [5.41, 5.74) is 0.298. The molecule has 1 aliphatic rings. The number of aliphatic hydroxyl groups is 2. The molecule has 4 N–H and O–H groups in total. The SMILES string of the molecule is O=C(NC1CCCCC1)N[C@@H](CO)[C@H](O)c1ccc([N+](=O)[O-])cc1. The first-order valence-corrected chi connectivity index (χ1v) is 8.11. The van der Waals surface area contributed by atoms with Gasteiger partial charge in [0.15, 0.2) is 0 Å². The minimum atomic E-state index is -1.16. The van der Waals surface area contributed by atoms with Gasteiger partial charge in [-0.15, -0.1) is 0 Å². The summed E-state index contributed by atoms with van der Waals surface area (Å²) in [4.78, 5) is 22.1. The number of nitro benzene ring substituents is 1. The first-order valence-electron chi connectivity index (χ1n) is 8.11. The average Bonchev–Trinajstić information content (AvgIpc) is 2.60. The third-order valence-electron chi connectivity index (χ3n) is 4.28. The van der Waals surface area contributed by atoms with Gasteiger partial charge in [0.2, 0.25) is 0 Å². The molecule has 2 atom stereocenters. The van der Waals surface area contributed by atoms with Gasteiger partial charge in [-0.2, -0.15) is 0 Å². The van der Waals surface area contributed by atoms with Gasteiger partial charge in [0.1, 0.15) is 6.10 Å². The molecule has 1 aliphatic carbocycles. The molecule has 0 heterocycles. The van der Waals surface area contributed by atoms with Crippen LogP contribution in [0.5, 0.6) is 0 Å². The Morgan fingerprint density at radius 3 is 2.42 bits per heavy atom. The zero-order chi connectivity index (χ0) is 17.5. The van der Waals surface area contributed by atoms with Crippen molar-refractivity contribution in [3.05, 3.63) is 39.9 Å². The summed E-state index contributed by atoms with van der Waals surface area (Å²) in [6, 6.07) is 4.16. The largest absolute Gasteiger partial charge is 0.394 e. The quantitative estimate of drug-likeness (QED) is 0.464. The van der Waals surface area contributed by atoms with Crippen molar-refractivity contribution in [2.75, 3.05) is 6.61 Å². The van der Waals surface area contributed by atoms with Gasteiger partial charge in [0.25, 0.3) is 5.69 Å². The molecule has 2 amide bonds. The number of nitro groups is 1. The van der Waals surface area contributed by atoms with Crippen LogP contribution in [0.15, 0.2) is 24.3 Å². The minimum absolute atomic E-state index is 0.0884. The van der Waals surface area contributed by atoms with Crippen molar-refractivity contribution in [1.82, 2.24) is 10.6 Å². The van der Waals surface area contributed by atoms with E-state index in [1.807, 2.05) is 0 Å². The van der Waals surface area contributed by atoms with E-state index >= 15 is 0 Å². The Bertz CT molecular complexity index is 557. The van der Waals surface area contributed by atoms with Crippen molar-refractivity contribution in [3.63, 3.8) is 0 Å². The predicted octanol–water partition coefficient (Wildman–Crippen LogP) is 1.62. The number of carbonyl (C=O) groups excluding carboxylic acids is 1. The highest BCUT2D eigenvalue weighted by Gasteiger charge is 2.24. The van der Waals surface area contributed by atoms with Crippen molar-refractivity contribution in [3.8, 4) is 0 Å². The number of non-ortho nitro benzene ring substituents is 1. The number of nitrogens with one attached hydrogen (secondary N) is 2. The monoisotopic (exact) mass is 337 g/mol. The molecule has 0 saturated heterocycles. The van der Waals surface area contributed by atoms with Crippen molar-refractivity contribution in [2.45, 2.75) is 50.3 Å². The second kappa shape index (κ2) is 8.60. The van der Waals surface area contributed by atoms with E-state index in [1.165, 1.54) is 30.7 Å². The zero-order valence-corrected chi connectivity index (χ0v) is 13.4. The summed E-state index contributed by atoms with van der Waals surface area (Å²) in [7, 11) is 0. The molecule has 8 nitrogen and oxygen atoms in total. The summed E-state index contributed by atoms with van der Waals surface area (Å²) >= 11 is 0. The van der Waals surface area contributed by atoms with Crippen LogP contribution < -0.4 is 10.6 Å². The van der Waals surface area contributed by atoms with Gasteiger partial charge in [-0.3, -0.25) is 10.1 Å². The van der Waals surface area contributed by atoms with E-state index in [0.29, 0.717) is 5.56 Å². The highest BCUT2D eigenvalue weighted by atomic mass is 16.6. The number of benzene rings is 1. The highest BCUT2D eigenvalue weighted by Crippen LogP contribution is 2.21. The van der Waals surface area contributed by atoms with Crippen LogP contribution in [0.25, 0.3) is 0 Å². The Labute approximate surface area is 140 Å². The number of carbonyl (C=O) groups is 1. The lowest BCUT2D eigenvalue weighted by atomic mass is 9.96. The van der Waals surface area contributed by atoms with Gasteiger partial charge in [-0.05, 0) is 30.5 Å². The van der Waals surface area contributed by atoms with Crippen molar-refractivity contribution in [2.24, 2.45) is 0 Å². The number of aliphatic hydroxyl groups excluding tert-OH is 2. The molecule has 0 spiro atoms. The van der Waals surface area contributed by atoms with Gasteiger partial charge in [-0.1, -0.05) is 19.3 Å². The summed E-state index contributed by atoms with van der Waals surface area (Å²) in [5.74, 6) is 0. The molecule has 0 aliphatic heterocycles. The molecule has 1 saturated carbocycles. The molecule has 0 radical (unpaired) electrons. The van der Waals surface area contributed by atoms with Gasteiger partial charge in [0, 0.05) is 18.2 Å². The maximum absolute atomic E-state index is 12.0. The van der Waals surface area contributed by atoms with E-state index < -0.39 is 29.7 Å². The molecule has 0 unspecified atom stereocenters. The van der Waals surface area contributed by atoms with Crippen LogP contribution >= 0.6 is 0 Å². The van der Waals surface area contributed by atoms with Crippen molar-refractivity contribution >= 4 is 11.7 Å². The Morgan fingerprint density at radius 1 is 1.25 bits per heavy atom. The number of nitrogens with zero attached hydrogens (tertiary/aromatic N) is 1. The van der Waals surface area contributed by atoms with Crippen LogP contribution in [0.3, 0.4) is 0 Å². The minimum Gasteiger partial charge on any atom is -0.394 e. The van der Waals surface area contributed by atoms with E-state index in [1.54, 1.807) is 0 Å². The zero-order valence-electron chi connectivity index (χ0n) is 13.4. The summed E-state index contributed by atoms with van der Waals surface area (Å²) < 4.78 is 0. The summed E-state index contributed by atoms with van der Waals surface area (Å²) in [5, 5.41) is 35.8. The van der Waals surface area contributed by atoms with E-state index in [4.69, 9.17) is 0 Å². The molecule has 0 aromatic heterocycles. The number of rotatable bonds is 6. The van der Waals surface area contributed by atoms with Crippen LogP contribution in [0.1, 0.15) is 43.8 Å². The second-order valence-electron chi connectivity index (χ2n) is 6.04. The fraction of sp³-hybridized carbons (Fsp3) is 0.562. The third-order valence-corrected chi connectivity index (χ3v) is 4.28. The lowest BCUT2D eigenvalue weighted by molar-refractivity contribution is -0.384. The van der Waals surface area contributed by atoms with Crippen molar-refractivity contribution in [1.29, 1.82) is 0 Å². The standard InChI is InChI=1S/C16H23N3O5/c20-10-14(18-16(22)17-12-4-2-1-3-5-12)15(21)11-6-8-13(9-7-11)19(23)24/h6-9,12,14-15,20-21H,1-5,10H2,(H2,17,18,22)/t14-,15+/m0/s1. The van der Waals surface area contributed by atoms with Gasteiger partial charge in [0.05, 0.1) is 17.6 Å². The predicted molar refractivity (Wildman–Crippen MR) is 87.5 cm³/mol. The maximum atomic E-state index is 12.0. The molecule has 8 heteroatoms. The van der Waals surface area contributed by atoms with Crippen LogP contribution in [-0.4, -0.2) is 39.9 Å². The Hall–Kier alpha value is -2.19. The molecule has 1 aromatic carbocycles. The van der Waals surface area contributed by atoms with E-state index in [-0.39, 0.29) is 11.7 Å². The average molecular weight is 337 g/mol. The van der Waals surface area contributed by atoms with Gasteiger partial charge < -0.3 is 20.8 Å². The first-order chi connectivity index (χ1) is 11.5. The molecule has 24 heavy (non-hydrogen) atoms.